The van der Waals surface area contributed by atoms with E-state index in [-0.39, 0.29) is 6.04 Å². The van der Waals surface area contributed by atoms with Crippen LogP contribution in [0.2, 0.25) is 0 Å². The van der Waals surface area contributed by atoms with Crippen molar-refractivity contribution in [2.75, 3.05) is 7.11 Å². The molecule has 1 aromatic carbocycles. The summed E-state index contributed by atoms with van der Waals surface area (Å²) >= 11 is 0. The lowest BCUT2D eigenvalue weighted by atomic mass is 9.96. The highest BCUT2D eigenvalue weighted by atomic mass is 16.5. The smallest absolute Gasteiger partial charge is 0.244 e. The third-order valence-corrected chi connectivity index (χ3v) is 4.42. The van der Waals surface area contributed by atoms with Crippen LogP contribution < -0.4 is 5.32 Å². The van der Waals surface area contributed by atoms with E-state index in [0.717, 1.165) is 19.4 Å². The van der Waals surface area contributed by atoms with Gasteiger partial charge in [-0.3, -0.25) is 0 Å². The first-order valence-corrected chi connectivity index (χ1v) is 7.35. The number of nitrogens with one attached hydrogen (secondary N) is 1. The summed E-state index contributed by atoms with van der Waals surface area (Å²) in [5, 5.41) is 7.57. The van der Waals surface area contributed by atoms with E-state index < -0.39 is 5.60 Å². The molecule has 1 N–H and O–H groups in total. The zero-order valence-corrected chi connectivity index (χ0v) is 12.7. The number of benzene rings is 1. The molecule has 0 saturated heterocycles. The molecule has 1 aromatic heterocycles. The standard InChI is InChI=1S/C16H21N3O2/c1-4-16(2,20-3)15-18-14(21-19-15)13-9-11-7-5-6-8-12(11)10-17-13/h5-8,13,17H,4,9-10H2,1-3H3. The summed E-state index contributed by atoms with van der Waals surface area (Å²) in [4.78, 5) is 4.56. The molecule has 112 valence electrons. The van der Waals surface area contributed by atoms with Crippen LogP contribution in [-0.4, -0.2) is 17.3 Å². The van der Waals surface area contributed by atoms with Crippen LogP contribution in [0.4, 0.5) is 0 Å². The van der Waals surface area contributed by atoms with E-state index in [9.17, 15) is 0 Å². The predicted octanol–water partition coefficient (Wildman–Crippen LogP) is 2.73. The van der Waals surface area contributed by atoms with Gasteiger partial charge in [-0.2, -0.15) is 4.98 Å². The lowest BCUT2D eigenvalue weighted by Crippen LogP contribution is -2.29. The average molecular weight is 287 g/mol. The van der Waals surface area contributed by atoms with Gasteiger partial charge in [0.15, 0.2) is 0 Å². The van der Waals surface area contributed by atoms with Crippen molar-refractivity contribution in [3.8, 4) is 0 Å². The number of aromatic nitrogens is 2. The zero-order valence-electron chi connectivity index (χ0n) is 12.7. The largest absolute Gasteiger partial charge is 0.370 e. The summed E-state index contributed by atoms with van der Waals surface area (Å²) in [6.45, 7) is 4.85. The van der Waals surface area contributed by atoms with E-state index in [4.69, 9.17) is 9.26 Å². The van der Waals surface area contributed by atoms with Crippen LogP contribution in [0.15, 0.2) is 28.8 Å². The van der Waals surface area contributed by atoms with Crippen LogP contribution in [0.1, 0.15) is 49.2 Å². The molecule has 1 aliphatic rings. The van der Waals surface area contributed by atoms with Crippen LogP contribution in [0.5, 0.6) is 0 Å². The van der Waals surface area contributed by atoms with Crippen molar-refractivity contribution in [2.24, 2.45) is 0 Å². The van der Waals surface area contributed by atoms with Gasteiger partial charge in [-0.15, -0.1) is 0 Å². The summed E-state index contributed by atoms with van der Waals surface area (Å²) in [6.07, 6.45) is 1.66. The minimum absolute atomic E-state index is 0.0686. The number of fused-ring (bicyclic) bond motifs is 1. The summed E-state index contributed by atoms with van der Waals surface area (Å²) in [6, 6.07) is 8.51. The summed E-state index contributed by atoms with van der Waals surface area (Å²) < 4.78 is 11.0. The molecule has 21 heavy (non-hydrogen) atoms. The van der Waals surface area contributed by atoms with Crippen LogP contribution in [0.3, 0.4) is 0 Å². The van der Waals surface area contributed by atoms with Crippen LogP contribution in [-0.2, 0) is 23.3 Å². The molecule has 0 amide bonds. The fraction of sp³-hybridized carbons (Fsp3) is 0.500. The second-order valence-electron chi connectivity index (χ2n) is 5.65. The van der Waals surface area contributed by atoms with E-state index in [0.29, 0.717) is 11.7 Å². The zero-order chi connectivity index (χ0) is 14.9. The first-order chi connectivity index (χ1) is 10.2. The Balaban J connectivity index is 1.82. The highest BCUT2D eigenvalue weighted by Crippen LogP contribution is 2.29. The Bertz CT molecular complexity index is 619. The van der Waals surface area contributed by atoms with E-state index in [1.165, 1.54) is 11.1 Å². The van der Waals surface area contributed by atoms with Crippen LogP contribution in [0, 0.1) is 0 Å². The molecular formula is C16H21N3O2. The Morgan fingerprint density at radius 1 is 1.38 bits per heavy atom. The number of hydrogen-bond donors (Lipinski definition) is 1. The number of hydrogen-bond acceptors (Lipinski definition) is 5. The molecule has 0 fully saturated rings. The predicted molar refractivity (Wildman–Crippen MR) is 78.7 cm³/mol. The van der Waals surface area contributed by atoms with Crippen LogP contribution in [0.25, 0.3) is 0 Å². The van der Waals surface area contributed by atoms with Crippen molar-refractivity contribution in [3.05, 3.63) is 47.1 Å². The lowest BCUT2D eigenvalue weighted by Gasteiger charge is -2.24. The highest BCUT2D eigenvalue weighted by molar-refractivity contribution is 5.30. The number of nitrogens with zero attached hydrogens (tertiary/aromatic N) is 2. The van der Waals surface area contributed by atoms with Crippen molar-refractivity contribution < 1.29 is 9.26 Å². The Labute approximate surface area is 124 Å². The molecule has 2 unspecified atom stereocenters. The van der Waals surface area contributed by atoms with E-state index >= 15 is 0 Å². The first-order valence-electron chi connectivity index (χ1n) is 7.35. The molecular weight excluding hydrogens is 266 g/mol. The first kappa shape index (κ1) is 14.2. The van der Waals surface area contributed by atoms with Gasteiger partial charge >= 0.3 is 0 Å². The molecule has 5 nitrogen and oxygen atoms in total. The van der Waals surface area contributed by atoms with Crippen molar-refractivity contribution in [1.29, 1.82) is 0 Å². The van der Waals surface area contributed by atoms with E-state index in [2.05, 4.69) is 46.6 Å². The molecule has 2 heterocycles. The summed E-state index contributed by atoms with van der Waals surface area (Å²) in [5.41, 5.74) is 2.18. The third kappa shape index (κ3) is 2.59. The minimum atomic E-state index is -0.492. The van der Waals surface area contributed by atoms with Crippen molar-refractivity contribution in [1.82, 2.24) is 15.5 Å². The molecule has 0 radical (unpaired) electrons. The monoisotopic (exact) mass is 287 g/mol. The van der Waals surface area contributed by atoms with Gasteiger partial charge in [-0.25, -0.2) is 0 Å². The van der Waals surface area contributed by atoms with Gasteiger partial charge in [0.05, 0.1) is 6.04 Å². The topological polar surface area (TPSA) is 60.2 Å². The SMILES string of the molecule is CCC(C)(OC)c1noc(C2Cc3ccccc3CN2)n1. The molecule has 3 rings (SSSR count). The summed E-state index contributed by atoms with van der Waals surface area (Å²) in [5.74, 6) is 1.25. The molecule has 5 heteroatoms. The average Bonchev–Trinajstić information content (AvgIpc) is 3.04. The molecule has 2 aromatic rings. The fourth-order valence-electron chi connectivity index (χ4n) is 2.61. The number of rotatable bonds is 4. The molecule has 0 aliphatic carbocycles. The number of ether oxygens (including phenoxy) is 1. The Hall–Kier alpha value is -1.72. The molecule has 0 bridgehead atoms. The molecule has 0 spiro atoms. The lowest BCUT2D eigenvalue weighted by molar-refractivity contribution is -0.0106. The fourth-order valence-corrected chi connectivity index (χ4v) is 2.61. The Kier molecular flexibility index (Phi) is 3.78. The van der Waals surface area contributed by atoms with Crippen molar-refractivity contribution in [3.63, 3.8) is 0 Å². The van der Waals surface area contributed by atoms with Gasteiger partial charge in [0.1, 0.15) is 5.60 Å². The van der Waals surface area contributed by atoms with Crippen LogP contribution >= 0.6 is 0 Å². The van der Waals surface area contributed by atoms with Gasteiger partial charge in [-0.1, -0.05) is 36.3 Å². The minimum Gasteiger partial charge on any atom is -0.370 e. The van der Waals surface area contributed by atoms with Gasteiger partial charge in [-0.05, 0) is 30.9 Å². The normalized spacial score (nSPS) is 20.8. The van der Waals surface area contributed by atoms with E-state index in [1.54, 1.807) is 7.11 Å². The second kappa shape index (κ2) is 5.58. The van der Waals surface area contributed by atoms with Gasteiger partial charge < -0.3 is 14.6 Å². The number of methoxy groups -OCH3 is 1. The maximum atomic E-state index is 5.52. The van der Waals surface area contributed by atoms with Crippen molar-refractivity contribution >= 4 is 0 Å². The molecule has 1 aliphatic heterocycles. The molecule has 2 atom stereocenters. The van der Waals surface area contributed by atoms with Gasteiger partial charge in [0.25, 0.3) is 0 Å². The van der Waals surface area contributed by atoms with E-state index in [1.807, 2.05) is 6.92 Å². The Morgan fingerprint density at radius 2 is 2.14 bits per heavy atom. The Morgan fingerprint density at radius 3 is 2.86 bits per heavy atom. The van der Waals surface area contributed by atoms with Crippen molar-refractivity contribution in [2.45, 2.75) is 44.9 Å². The maximum Gasteiger partial charge on any atom is 0.244 e. The highest BCUT2D eigenvalue weighted by Gasteiger charge is 2.32. The van der Waals surface area contributed by atoms with Gasteiger partial charge in [0, 0.05) is 13.7 Å². The molecule has 0 saturated carbocycles. The summed E-state index contributed by atoms with van der Waals surface area (Å²) in [7, 11) is 1.68. The quantitative estimate of drug-likeness (QED) is 0.937. The second-order valence-corrected chi connectivity index (χ2v) is 5.65. The van der Waals surface area contributed by atoms with Gasteiger partial charge in [0.2, 0.25) is 11.7 Å². The maximum absolute atomic E-state index is 5.52. The third-order valence-electron chi connectivity index (χ3n) is 4.42.